The number of rotatable bonds is 6. The molecule has 1 heterocycles. The summed E-state index contributed by atoms with van der Waals surface area (Å²) in [6, 6.07) is 4.80. The summed E-state index contributed by atoms with van der Waals surface area (Å²) in [5.74, 6) is 1.40. The summed E-state index contributed by atoms with van der Waals surface area (Å²) < 4.78 is 15.5. The summed E-state index contributed by atoms with van der Waals surface area (Å²) in [7, 11) is 0. The summed E-state index contributed by atoms with van der Waals surface area (Å²) in [5.41, 5.74) is 1.76. The van der Waals surface area contributed by atoms with E-state index in [1.807, 2.05) is 0 Å². The molecule has 0 aliphatic carbocycles. The van der Waals surface area contributed by atoms with Gasteiger partial charge in [0.05, 0.1) is 17.6 Å². The number of hydrogen-bond donors (Lipinski definition) is 1. The Morgan fingerprint density at radius 3 is 2.84 bits per heavy atom. The van der Waals surface area contributed by atoms with Gasteiger partial charge in [-0.15, -0.1) is 0 Å². The van der Waals surface area contributed by atoms with Crippen molar-refractivity contribution in [3.8, 4) is 0 Å². The fourth-order valence-corrected chi connectivity index (χ4v) is 2.23. The monoisotopic (exact) mass is 263 g/mol. The first kappa shape index (κ1) is 14.0. The number of aromatic nitrogens is 2. The van der Waals surface area contributed by atoms with E-state index in [1.54, 1.807) is 12.1 Å². The number of nitrogens with one attached hydrogen (secondary N) is 1. The predicted octanol–water partition coefficient (Wildman–Crippen LogP) is 3.33. The zero-order valence-corrected chi connectivity index (χ0v) is 11.9. The van der Waals surface area contributed by atoms with Gasteiger partial charge in [0.15, 0.2) is 0 Å². The third-order valence-corrected chi connectivity index (χ3v) is 3.07. The molecule has 1 N–H and O–H groups in total. The molecule has 2 aromatic rings. The lowest BCUT2D eigenvalue weighted by atomic mass is 10.2. The maximum absolute atomic E-state index is 13.4. The van der Waals surface area contributed by atoms with Crippen LogP contribution >= 0.6 is 0 Å². The Bertz CT molecular complexity index is 546. The molecule has 0 saturated heterocycles. The lowest BCUT2D eigenvalue weighted by Gasteiger charge is -2.10. The predicted molar refractivity (Wildman–Crippen MR) is 76.5 cm³/mol. The van der Waals surface area contributed by atoms with Gasteiger partial charge in [-0.2, -0.15) is 0 Å². The molecule has 0 aliphatic heterocycles. The summed E-state index contributed by atoms with van der Waals surface area (Å²) in [6.07, 6.45) is 1.01. The van der Waals surface area contributed by atoms with Crippen LogP contribution in [-0.2, 0) is 13.1 Å². The Hall–Kier alpha value is -1.42. The van der Waals surface area contributed by atoms with Gasteiger partial charge in [-0.05, 0) is 37.1 Å². The van der Waals surface area contributed by atoms with E-state index in [1.165, 1.54) is 6.07 Å². The van der Waals surface area contributed by atoms with E-state index < -0.39 is 0 Å². The number of nitrogens with zero attached hydrogens (tertiary/aromatic N) is 2. The van der Waals surface area contributed by atoms with Crippen molar-refractivity contribution < 1.29 is 4.39 Å². The average Bonchev–Trinajstić information content (AvgIpc) is 2.68. The molecule has 1 aromatic carbocycles. The number of imidazole rings is 1. The molecule has 19 heavy (non-hydrogen) atoms. The highest BCUT2D eigenvalue weighted by molar-refractivity contribution is 5.76. The number of aryl methyl sites for hydroxylation is 1. The molecule has 4 heteroatoms. The van der Waals surface area contributed by atoms with Gasteiger partial charge in [-0.3, -0.25) is 0 Å². The van der Waals surface area contributed by atoms with E-state index in [4.69, 9.17) is 0 Å². The zero-order valence-electron chi connectivity index (χ0n) is 11.9. The topological polar surface area (TPSA) is 29.9 Å². The Kier molecular flexibility index (Phi) is 4.53. The molecule has 2 rings (SSSR count). The molecule has 0 fully saturated rings. The molecule has 0 radical (unpaired) electrons. The maximum Gasteiger partial charge on any atom is 0.125 e. The van der Waals surface area contributed by atoms with Gasteiger partial charge in [0.2, 0.25) is 0 Å². The lowest BCUT2D eigenvalue weighted by molar-refractivity contribution is 0.528. The van der Waals surface area contributed by atoms with E-state index in [-0.39, 0.29) is 5.82 Å². The van der Waals surface area contributed by atoms with E-state index in [0.29, 0.717) is 5.92 Å². The molecule has 0 aliphatic rings. The summed E-state index contributed by atoms with van der Waals surface area (Å²) in [4.78, 5) is 4.60. The van der Waals surface area contributed by atoms with Crippen LogP contribution in [0.4, 0.5) is 4.39 Å². The maximum atomic E-state index is 13.4. The fourth-order valence-electron chi connectivity index (χ4n) is 2.23. The first-order valence-electron chi connectivity index (χ1n) is 6.97. The number of halogens is 1. The van der Waals surface area contributed by atoms with Crippen molar-refractivity contribution in [2.45, 2.75) is 40.3 Å². The Morgan fingerprint density at radius 2 is 2.16 bits per heavy atom. The molecule has 0 atom stereocenters. The van der Waals surface area contributed by atoms with E-state index >= 15 is 0 Å². The largest absolute Gasteiger partial charge is 0.327 e. The van der Waals surface area contributed by atoms with Crippen molar-refractivity contribution >= 4 is 11.0 Å². The number of hydrogen-bond acceptors (Lipinski definition) is 2. The lowest BCUT2D eigenvalue weighted by Crippen LogP contribution is -2.21. The van der Waals surface area contributed by atoms with Crippen LogP contribution in [0.2, 0.25) is 0 Å². The average molecular weight is 263 g/mol. The first-order chi connectivity index (χ1) is 9.11. The van der Waals surface area contributed by atoms with Crippen LogP contribution < -0.4 is 5.32 Å². The second-order valence-corrected chi connectivity index (χ2v) is 5.34. The van der Waals surface area contributed by atoms with Crippen LogP contribution in [0.5, 0.6) is 0 Å². The van der Waals surface area contributed by atoms with Crippen LogP contribution in [-0.4, -0.2) is 16.1 Å². The fraction of sp³-hybridized carbons (Fsp3) is 0.533. The van der Waals surface area contributed by atoms with Gasteiger partial charge < -0.3 is 9.88 Å². The molecule has 0 saturated carbocycles. The van der Waals surface area contributed by atoms with Crippen molar-refractivity contribution in [1.29, 1.82) is 0 Å². The SMILES string of the molecule is CCCn1c(CNCC(C)C)nc2ccc(F)cc21. The van der Waals surface area contributed by atoms with Gasteiger partial charge in [-0.1, -0.05) is 20.8 Å². The van der Waals surface area contributed by atoms with Gasteiger partial charge in [0.25, 0.3) is 0 Å². The highest BCUT2D eigenvalue weighted by atomic mass is 19.1. The van der Waals surface area contributed by atoms with Crippen molar-refractivity contribution in [3.63, 3.8) is 0 Å². The zero-order chi connectivity index (χ0) is 13.8. The minimum atomic E-state index is -0.202. The first-order valence-corrected chi connectivity index (χ1v) is 6.97. The van der Waals surface area contributed by atoms with Crippen LogP contribution in [0.1, 0.15) is 33.0 Å². The van der Waals surface area contributed by atoms with Crippen LogP contribution in [0.3, 0.4) is 0 Å². The second-order valence-electron chi connectivity index (χ2n) is 5.34. The van der Waals surface area contributed by atoms with Gasteiger partial charge >= 0.3 is 0 Å². The van der Waals surface area contributed by atoms with E-state index in [9.17, 15) is 4.39 Å². The summed E-state index contributed by atoms with van der Waals surface area (Å²) in [5, 5.41) is 3.40. The second kappa shape index (κ2) is 6.15. The highest BCUT2D eigenvalue weighted by Crippen LogP contribution is 2.18. The van der Waals surface area contributed by atoms with Crippen molar-refractivity contribution in [2.75, 3.05) is 6.54 Å². The Morgan fingerprint density at radius 1 is 1.37 bits per heavy atom. The summed E-state index contributed by atoms with van der Waals surface area (Å²) >= 11 is 0. The molecular weight excluding hydrogens is 241 g/mol. The molecule has 0 amide bonds. The normalized spacial score (nSPS) is 11.6. The van der Waals surface area contributed by atoms with Gasteiger partial charge in [-0.25, -0.2) is 9.37 Å². The van der Waals surface area contributed by atoms with Gasteiger partial charge in [0.1, 0.15) is 11.6 Å². The van der Waals surface area contributed by atoms with Crippen molar-refractivity contribution in [2.24, 2.45) is 5.92 Å². The van der Waals surface area contributed by atoms with Gasteiger partial charge in [0, 0.05) is 6.54 Å². The highest BCUT2D eigenvalue weighted by Gasteiger charge is 2.10. The number of benzene rings is 1. The van der Waals surface area contributed by atoms with E-state index in [0.717, 1.165) is 42.9 Å². The molecule has 0 spiro atoms. The Labute approximate surface area is 113 Å². The minimum absolute atomic E-state index is 0.202. The molecule has 1 aromatic heterocycles. The standard InChI is InChI=1S/C15H22FN3/c1-4-7-19-14-8-12(16)5-6-13(14)18-15(19)10-17-9-11(2)3/h5-6,8,11,17H,4,7,9-10H2,1-3H3. The third kappa shape index (κ3) is 3.32. The number of fused-ring (bicyclic) bond motifs is 1. The van der Waals surface area contributed by atoms with Crippen LogP contribution in [0.15, 0.2) is 18.2 Å². The molecular formula is C15H22FN3. The van der Waals surface area contributed by atoms with Crippen molar-refractivity contribution in [1.82, 2.24) is 14.9 Å². The Balaban J connectivity index is 2.28. The molecule has 0 unspecified atom stereocenters. The molecule has 0 bridgehead atoms. The van der Waals surface area contributed by atoms with Crippen LogP contribution in [0, 0.1) is 11.7 Å². The van der Waals surface area contributed by atoms with E-state index in [2.05, 4.69) is 35.6 Å². The quantitative estimate of drug-likeness (QED) is 0.866. The minimum Gasteiger partial charge on any atom is -0.327 e. The van der Waals surface area contributed by atoms with Crippen molar-refractivity contribution in [3.05, 3.63) is 29.8 Å². The van der Waals surface area contributed by atoms with Crippen LogP contribution in [0.25, 0.3) is 11.0 Å². The third-order valence-electron chi connectivity index (χ3n) is 3.07. The summed E-state index contributed by atoms with van der Waals surface area (Å²) in [6.45, 7) is 9.04. The molecule has 3 nitrogen and oxygen atoms in total. The smallest absolute Gasteiger partial charge is 0.125 e. The molecule has 104 valence electrons.